The van der Waals surface area contributed by atoms with Crippen molar-refractivity contribution in [3.63, 3.8) is 0 Å². The number of aliphatic hydroxyl groups is 1. The first kappa shape index (κ1) is 19.2. The van der Waals surface area contributed by atoms with E-state index in [2.05, 4.69) is 17.1 Å². The van der Waals surface area contributed by atoms with Gasteiger partial charge in [-0.3, -0.25) is 4.79 Å². The normalized spacial score (nSPS) is 12.8. The van der Waals surface area contributed by atoms with E-state index in [9.17, 15) is 4.79 Å². The highest BCUT2D eigenvalue weighted by atomic mass is 16.3. The molecule has 0 heterocycles. The number of hydrogen-bond acceptors (Lipinski definition) is 3. The summed E-state index contributed by atoms with van der Waals surface area (Å²) in [6.45, 7) is 2.30. The highest BCUT2D eigenvalue weighted by molar-refractivity contribution is 5.92. The van der Waals surface area contributed by atoms with E-state index in [0.29, 0.717) is 6.42 Å². The molecule has 0 saturated heterocycles. The van der Waals surface area contributed by atoms with Gasteiger partial charge in [-0.25, -0.2) is 0 Å². The summed E-state index contributed by atoms with van der Waals surface area (Å²) in [6.07, 6.45) is 0.644. The van der Waals surface area contributed by atoms with Crippen molar-refractivity contribution in [3.8, 4) is 0 Å². The smallest absolute Gasteiger partial charge is 0.235 e. The van der Waals surface area contributed by atoms with Gasteiger partial charge in [-0.2, -0.15) is 0 Å². The van der Waals surface area contributed by atoms with Crippen LogP contribution in [0, 0.1) is 0 Å². The Bertz CT molecular complexity index is 617. The first-order chi connectivity index (χ1) is 12.0. The average Bonchev–Trinajstić information content (AvgIpc) is 2.65. The number of benzene rings is 2. The maximum absolute atomic E-state index is 13.3. The van der Waals surface area contributed by atoms with Crippen molar-refractivity contribution in [1.82, 2.24) is 10.2 Å². The molecule has 134 valence electrons. The SMILES string of the molecule is CC(CC(C(=O)NCCO)(c1ccccc1)c1ccccc1)N(C)C. The molecule has 0 aliphatic heterocycles. The number of carbonyl (C=O) groups is 1. The van der Waals surface area contributed by atoms with Gasteiger partial charge in [0.2, 0.25) is 5.91 Å². The molecule has 1 amide bonds. The molecule has 0 aliphatic rings. The topological polar surface area (TPSA) is 52.6 Å². The van der Waals surface area contributed by atoms with Gasteiger partial charge in [0.25, 0.3) is 0 Å². The molecule has 0 aromatic heterocycles. The predicted octanol–water partition coefficient (Wildman–Crippen LogP) is 2.42. The van der Waals surface area contributed by atoms with Crippen molar-refractivity contribution in [2.75, 3.05) is 27.2 Å². The Morgan fingerprint density at radius 3 is 1.92 bits per heavy atom. The molecule has 0 saturated carbocycles. The largest absolute Gasteiger partial charge is 0.395 e. The van der Waals surface area contributed by atoms with E-state index < -0.39 is 5.41 Å². The lowest BCUT2D eigenvalue weighted by Gasteiger charge is -2.37. The average molecular weight is 340 g/mol. The van der Waals surface area contributed by atoms with Crippen molar-refractivity contribution in [2.24, 2.45) is 0 Å². The second kappa shape index (κ2) is 8.79. The summed E-state index contributed by atoms with van der Waals surface area (Å²) in [5.41, 5.74) is 1.12. The summed E-state index contributed by atoms with van der Waals surface area (Å²) < 4.78 is 0. The van der Waals surface area contributed by atoms with Gasteiger partial charge in [0.05, 0.1) is 6.61 Å². The standard InChI is InChI=1S/C21H28N2O2/c1-17(23(2)3)16-21(20(25)22-14-15-24,18-10-6-4-7-11-18)19-12-8-5-9-13-19/h4-13,17,24H,14-16H2,1-3H3,(H,22,25). The quantitative estimate of drug-likeness (QED) is 0.776. The van der Waals surface area contributed by atoms with Gasteiger partial charge < -0.3 is 15.3 Å². The zero-order valence-electron chi connectivity index (χ0n) is 15.3. The first-order valence-electron chi connectivity index (χ1n) is 8.69. The molecule has 1 atom stereocenters. The van der Waals surface area contributed by atoms with E-state index in [1.807, 2.05) is 74.8 Å². The van der Waals surface area contributed by atoms with Gasteiger partial charge in [-0.05, 0) is 38.6 Å². The number of nitrogens with zero attached hydrogens (tertiary/aromatic N) is 1. The molecular weight excluding hydrogens is 312 g/mol. The van der Waals surface area contributed by atoms with Gasteiger partial charge >= 0.3 is 0 Å². The number of amides is 1. The van der Waals surface area contributed by atoms with Crippen molar-refractivity contribution < 1.29 is 9.90 Å². The summed E-state index contributed by atoms with van der Waals surface area (Å²) in [7, 11) is 4.05. The van der Waals surface area contributed by atoms with Crippen LogP contribution in [-0.2, 0) is 10.2 Å². The van der Waals surface area contributed by atoms with E-state index in [1.54, 1.807) is 0 Å². The second-order valence-corrected chi connectivity index (χ2v) is 6.63. The summed E-state index contributed by atoms with van der Waals surface area (Å²) in [5, 5.41) is 12.1. The van der Waals surface area contributed by atoms with Crippen LogP contribution in [0.3, 0.4) is 0 Å². The fraction of sp³-hybridized carbons (Fsp3) is 0.381. The van der Waals surface area contributed by atoms with E-state index in [4.69, 9.17) is 5.11 Å². The van der Waals surface area contributed by atoms with E-state index in [1.165, 1.54) is 0 Å². The van der Waals surface area contributed by atoms with Gasteiger partial charge in [0, 0.05) is 12.6 Å². The monoisotopic (exact) mass is 340 g/mol. The Morgan fingerprint density at radius 2 is 1.52 bits per heavy atom. The molecule has 2 aromatic rings. The van der Waals surface area contributed by atoms with Crippen LogP contribution in [0.15, 0.2) is 60.7 Å². The first-order valence-corrected chi connectivity index (χ1v) is 8.69. The molecule has 0 bridgehead atoms. The summed E-state index contributed by atoms with van der Waals surface area (Å²) >= 11 is 0. The Hall–Kier alpha value is -2.17. The second-order valence-electron chi connectivity index (χ2n) is 6.63. The molecule has 2 aromatic carbocycles. The lowest BCUT2D eigenvalue weighted by molar-refractivity contribution is -0.126. The van der Waals surface area contributed by atoms with Crippen LogP contribution < -0.4 is 5.32 Å². The van der Waals surface area contributed by atoms with Gasteiger partial charge in [0.1, 0.15) is 5.41 Å². The summed E-state index contributed by atoms with van der Waals surface area (Å²) in [4.78, 5) is 15.5. The van der Waals surface area contributed by atoms with Crippen LogP contribution >= 0.6 is 0 Å². The molecule has 2 rings (SSSR count). The van der Waals surface area contributed by atoms with Crippen molar-refractivity contribution in [3.05, 3.63) is 71.8 Å². The lowest BCUT2D eigenvalue weighted by atomic mass is 9.69. The maximum Gasteiger partial charge on any atom is 0.235 e. The molecule has 2 N–H and O–H groups in total. The highest BCUT2D eigenvalue weighted by Crippen LogP contribution is 2.38. The van der Waals surface area contributed by atoms with Crippen LogP contribution in [0.2, 0.25) is 0 Å². The Morgan fingerprint density at radius 1 is 1.04 bits per heavy atom. The fourth-order valence-electron chi connectivity index (χ4n) is 3.15. The number of rotatable bonds is 8. The van der Waals surface area contributed by atoms with Crippen molar-refractivity contribution in [2.45, 2.75) is 24.8 Å². The molecule has 0 spiro atoms. The minimum atomic E-state index is -0.804. The minimum absolute atomic E-state index is 0.0748. The van der Waals surface area contributed by atoms with Crippen molar-refractivity contribution >= 4 is 5.91 Å². The van der Waals surface area contributed by atoms with Crippen molar-refractivity contribution in [1.29, 1.82) is 0 Å². The Labute approximate surface area is 150 Å². The zero-order chi connectivity index (χ0) is 18.3. The van der Waals surface area contributed by atoms with Gasteiger partial charge in [-0.15, -0.1) is 0 Å². The molecule has 1 unspecified atom stereocenters. The van der Waals surface area contributed by atoms with E-state index in [0.717, 1.165) is 11.1 Å². The molecule has 25 heavy (non-hydrogen) atoms. The number of hydrogen-bond donors (Lipinski definition) is 2. The van der Waals surface area contributed by atoms with Crippen LogP contribution in [0.5, 0.6) is 0 Å². The minimum Gasteiger partial charge on any atom is -0.395 e. The van der Waals surface area contributed by atoms with Crippen LogP contribution in [0.25, 0.3) is 0 Å². The third-order valence-corrected chi connectivity index (χ3v) is 4.80. The maximum atomic E-state index is 13.3. The third kappa shape index (κ3) is 4.27. The molecule has 4 nitrogen and oxygen atoms in total. The van der Waals surface area contributed by atoms with Gasteiger partial charge in [0.15, 0.2) is 0 Å². The highest BCUT2D eigenvalue weighted by Gasteiger charge is 2.43. The Balaban J connectivity index is 2.62. The summed E-state index contributed by atoms with van der Waals surface area (Å²) in [5.74, 6) is -0.0762. The number of aliphatic hydroxyl groups excluding tert-OH is 1. The summed E-state index contributed by atoms with van der Waals surface area (Å²) in [6, 6.07) is 20.0. The van der Waals surface area contributed by atoms with E-state index >= 15 is 0 Å². The van der Waals surface area contributed by atoms with Crippen LogP contribution in [0.1, 0.15) is 24.5 Å². The lowest BCUT2D eigenvalue weighted by Crippen LogP contribution is -2.49. The predicted molar refractivity (Wildman–Crippen MR) is 102 cm³/mol. The Kier molecular flexibility index (Phi) is 6.73. The van der Waals surface area contributed by atoms with Crippen LogP contribution in [0.4, 0.5) is 0 Å². The molecule has 0 aliphatic carbocycles. The fourth-order valence-corrected chi connectivity index (χ4v) is 3.15. The number of nitrogens with one attached hydrogen (secondary N) is 1. The number of carbonyl (C=O) groups excluding carboxylic acids is 1. The molecular formula is C21H28N2O2. The van der Waals surface area contributed by atoms with Gasteiger partial charge in [-0.1, -0.05) is 60.7 Å². The molecule has 4 heteroatoms. The van der Waals surface area contributed by atoms with E-state index in [-0.39, 0.29) is 25.1 Å². The van der Waals surface area contributed by atoms with Crippen LogP contribution in [-0.4, -0.2) is 49.2 Å². The molecule has 0 radical (unpaired) electrons. The zero-order valence-corrected chi connectivity index (χ0v) is 15.3. The third-order valence-electron chi connectivity index (χ3n) is 4.80. The molecule has 0 fully saturated rings.